The van der Waals surface area contributed by atoms with E-state index in [0.29, 0.717) is 35.9 Å². The average molecular weight is 287 g/mol. The molecule has 1 aromatic carbocycles. The third-order valence-electron chi connectivity index (χ3n) is 3.60. The summed E-state index contributed by atoms with van der Waals surface area (Å²) in [6.07, 6.45) is 1.11. The normalized spacial score (nSPS) is 18.8. The Morgan fingerprint density at radius 3 is 2.95 bits per heavy atom. The van der Waals surface area contributed by atoms with E-state index in [1.54, 1.807) is 30.0 Å². The largest absolute Gasteiger partial charge is 0.391 e. The lowest BCUT2D eigenvalue weighted by Gasteiger charge is -2.30. The van der Waals surface area contributed by atoms with Gasteiger partial charge in [0.15, 0.2) is 5.82 Å². The molecule has 1 aromatic heterocycles. The molecule has 3 rings (SSSR count). The van der Waals surface area contributed by atoms with Crippen molar-refractivity contribution in [1.82, 2.24) is 15.0 Å². The molecule has 1 aliphatic rings. The van der Waals surface area contributed by atoms with Gasteiger partial charge in [-0.3, -0.25) is 4.79 Å². The number of aryl methyl sites for hydroxylation is 1. The minimum atomic E-state index is -0.444. The molecule has 6 nitrogen and oxygen atoms in total. The maximum Gasteiger partial charge on any atom is 0.258 e. The number of hydrogen-bond donors (Lipinski definition) is 1. The van der Waals surface area contributed by atoms with Crippen LogP contribution in [0.15, 0.2) is 28.8 Å². The maximum atomic E-state index is 12.7. The number of hydrogen-bond acceptors (Lipinski definition) is 5. The van der Waals surface area contributed by atoms with Crippen molar-refractivity contribution in [3.8, 4) is 11.5 Å². The molecule has 0 radical (unpaired) electrons. The number of aliphatic hydroxyl groups excluding tert-OH is 1. The number of aliphatic hydroxyl groups is 1. The first kappa shape index (κ1) is 13.8. The molecule has 1 saturated heterocycles. The number of β-amino-alcohol motifs (C(OH)–C–C–N with tert-alkyl or cyclic N) is 1. The van der Waals surface area contributed by atoms with E-state index < -0.39 is 6.10 Å². The van der Waals surface area contributed by atoms with Gasteiger partial charge >= 0.3 is 0 Å². The van der Waals surface area contributed by atoms with E-state index in [4.69, 9.17) is 4.52 Å². The van der Waals surface area contributed by atoms with Gasteiger partial charge in [-0.1, -0.05) is 17.3 Å². The van der Waals surface area contributed by atoms with Gasteiger partial charge in [-0.05, 0) is 31.9 Å². The minimum Gasteiger partial charge on any atom is -0.391 e. The Morgan fingerprint density at radius 2 is 2.24 bits per heavy atom. The molecule has 2 aromatic rings. The molecule has 0 aliphatic carbocycles. The van der Waals surface area contributed by atoms with Crippen molar-refractivity contribution in [3.05, 3.63) is 35.7 Å². The van der Waals surface area contributed by atoms with Crippen molar-refractivity contribution >= 4 is 5.91 Å². The Labute approximate surface area is 122 Å². The van der Waals surface area contributed by atoms with E-state index in [1.807, 2.05) is 6.07 Å². The van der Waals surface area contributed by atoms with Gasteiger partial charge in [0.25, 0.3) is 11.8 Å². The number of benzene rings is 1. The van der Waals surface area contributed by atoms with Crippen LogP contribution in [-0.4, -0.2) is 45.2 Å². The third kappa shape index (κ3) is 2.80. The molecular formula is C15H17N3O3. The van der Waals surface area contributed by atoms with Crippen LogP contribution in [0, 0.1) is 6.92 Å². The first-order valence-corrected chi connectivity index (χ1v) is 7.02. The minimum absolute atomic E-state index is 0.111. The fourth-order valence-electron chi connectivity index (χ4n) is 2.57. The Bertz CT molecular complexity index is 653. The number of piperidine rings is 1. The number of carbonyl (C=O) groups is 1. The van der Waals surface area contributed by atoms with Gasteiger partial charge in [0, 0.05) is 13.1 Å². The summed E-state index contributed by atoms with van der Waals surface area (Å²) in [7, 11) is 0. The number of likely N-dealkylation sites (tertiary alicyclic amines) is 1. The standard InChI is InChI=1S/C15H17N3O3/c1-10-16-14(21-17-10)12-6-2-3-7-13(12)15(20)18-8-4-5-11(19)9-18/h2-3,6-7,11,19H,4-5,8-9H2,1H3. The highest BCUT2D eigenvalue weighted by atomic mass is 16.5. The highest BCUT2D eigenvalue weighted by Crippen LogP contribution is 2.24. The summed E-state index contributed by atoms with van der Waals surface area (Å²) in [5.74, 6) is 0.759. The second kappa shape index (κ2) is 5.65. The van der Waals surface area contributed by atoms with Crippen LogP contribution in [0.3, 0.4) is 0 Å². The quantitative estimate of drug-likeness (QED) is 0.908. The SMILES string of the molecule is Cc1noc(-c2ccccc2C(=O)N2CCCC(O)C2)n1. The molecule has 6 heteroatoms. The molecule has 1 fully saturated rings. The molecule has 1 N–H and O–H groups in total. The second-order valence-electron chi connectivity index (χ2n) is 5.24. The van der Waals surface area contributed by atoms with Gasteiger partial charge in [-0.25, -0.2) is 0 Å². The zero-order valence-electron chi connectivity index (χ0n) is 11.8. The summed E-state index contributed by atoms with van der Waals surface area (Å²) in [6, 6.07) is 7.18. The van der Waals surface area contributed by atoms with E-state index in [-0.39, 0.29) is 5.91 Å². The Morgan fingerprint density at radius 1 is 1.43 bits per heavy atom. The van der Waals surface area contributed by atoms with E-state index in [2.05, 4.69) is 10.1 Å². The molecule has 0 saturated carbocycles. The first-order chi connectivity index (χ1) is 10.1. The van der Waals surface area contributed by atoms with Crippen LogP contribution in [0.1, 0.15) is 29.0 Å². The van der Waals surface area contributed by atoms with Crippen molar-refractivity contribution in [3.63, 3.8) is 0 Å². The molecule has 110 valence electrons. The molecule has 2 heterocycles. The van der Waals surface area contributed by atoms with Crippen LogP contribution >= 0.6 is 0 Å². The third-order valence-corrected chi connectivity index (χ3v) is 3.60. The van der Waals surface area contributed by atoms with Gasteiger partial charge < -0.3 is 14.5 Å². The predicted octanol–water partition coefficient (Wildman–Crippen LogP) is 1.64. The summed E-state index contributed by atoms with van der Waals surface area (Å²) < 4.78 is 5.17. The zero-order valence-corrected chi connectivity index (χ0v) is 11.8. The van der Waals surface area contributed by atoms with Gasteiger partial charge in [-0.2, -0.15) is 4.98 Å². The van der Waals surface area contributed by atoms with Gasteiger partial charge in [-0.15, -0.1) is 0 Å². The lowest BCUT2D eigenvalue weighted by Crippen LogP contribution is -2.42. The lowest BCUT2D eigenvalue weighted by molar-refractivity contribution is 0.0474. The van der Waals surface area contributed by atoms with E-state index in [9.17, 15) is 9.90 Å². The number of nitrogens with zero attached hydrogens (tertiary/aromatic N) is 3. The maximum absolute atomic E-state index is 12.7. The molecular weight excluding hydrogens is 270 g/mol. The van der Waals surface area contributed by atoms with Crippen molar-refractivity contribution in [2.45, 2.75) is 25.9 Å². The van der Waals surface area contributed by atoms with Gasteiger partial charge in [0.1, 0.15) is 0 Å². The van der Waals surface area contributed by atoms with Gasteiger partial charge in [0.05, 0.1) is 17.2 Å². The van der Waals surface area contributed by atoms with Crippen LogP contribution in [0.2, 0.25) is 0 Å². The van der Waals surface area contributed by atoms with E-state index in [0.717, 1.165) is 12.8 Å². The average Bonchev–Trinajstić information content (AvgIpc) is 2.93. The van der Waals surface area contributed by atoms with Crippen molar-refractivity contribution in [2.75, 3.05) is 13.1 Å². The molecule has 0 bridgehead atoms. The Hall–Kier alpha value is -2.21. The fraction of sp³-hybridized carbons (Fsp3) is 0.400. The summed E-state index contributed by atoms with van der Waals surface area (Å²) >= 11 is 0. The van der Waals surface area contributed by atoms with Crippen LogP contribution < -0.4 is 0 Å². The van der Waals surface area contributed by atoms with Crippen LogP contribution in [-0.2, 0) is 0 Å². The topological polar surface area (TPSA) is 79.5 Å². The summed E-state index contributed by atoms with van der Waals surface area (Å²) in [4.78, 5) is 18.5. The number of rotatable bonds is 2. The molecule has 1 aliphatic heterocycles. The zero-order chi connectivity index (χ0) is 14.8. The first-order valence-electron chi connectivity index (χ1n) is 7.02. The monoisotopic (exact) mass is 287 g/mol. The van der Waals surface area contributed by atoms with Crippen molar-refractivity contribution in [2.24, 2.45) is 0 Å². The summed E-state index contributed by atoms with van der Waals surface area (Å²) in [5, 5.41) is 13.5. The van der Waals surface area contributed by atoms with Crippen LogP contribution in [0.25, 0.3) is 11.5 Å². The highest BCUT2D eigenvalue weighted by Gasteiger charge is 2.25. The van der Waals surface area contributed by atoms with Crippen LogP contribution in [0.4, 0.5) is 0 Å². The van der Waals surface area contributed by atoms with Crippen molar-refractivity contribution < 1.29 is 14.4 Å². The summed E-state index contributed by atoms with van der Waals surface area (Å²) in [6.45, 7) is 2.77. The number of amides is 1. The highest BCUT2D eigenvalue weighted by molar-refractivity contribution is 6.00. The fourth-order valence-corrected chi connectivity index (χ4v) is 2.57. The van der Waals surface area contributed by atoms with Crippen LogP contribution in [0.5, 0.6) is 0 Å². The Kier molecular flexibility index (Phi) is 3.70. The molecule has 21 heavy (non-hydrogen) atoms. The molecule has 1 amide bonds. The Balaban J connectivity index is 1.93. The second-order valence-corrected chi connectivity index (χ2v) is 5.24. The molecule has 0 spiro atoms. The smallest absolute Gasteiger partial charge is 0.258 e. The van der Waals surface area contributed by atoms with E-state index >= 15 is 0 Å². The van der Waals surface area contributed by atoms with Crippen molar-refractivity contribution in [1.29, 1.82) is 0 Å². The summed E-state index contributed by atoms with van der Waals surface area (Å²) in [5.41, 5.74) is 1.15. The van der Waals surface area contributed by atoms with Gasteiger partial charge in [0.2, 0.25) is 0 Å². The lowest BCUT2D eigenvalue weighted by atomic mass is 10.0. The molecule has 1 atom stereocenters. The molecule has 1 unspecified atom stereocenters. The van der Waals surface area contributed by atoms with E-state index in [1.165, 1.54) is 0 Å². The number of carbonyl (C=O) groups excluding carboxylic acids is 1. The predicted molar refractivity (Wildman–Crippen MR) is 75.6 cm³/mol. The number of aromatic nitrogens is 2.